The Morgan fingerprint density at radius 1 is 1.04 bits per heavy atom. The number of anilines is 1. The Balaban J connectivity index is 1.65. The van der Waals surface area contributed by atoms with Crippen LogP contribution in [0.25, 0.3) is 5.69 Å². The summed E-state index contributed by atoms with van der Waals surface area (Å²) in [6.45, 7) is 0. The summed E-state index contributed by atoms with van der Waals surface area (Å²) in [4.78, 5) is 12.1. The third-order valence-electron chi connectivity index (χ3n) is 3.09. The van der Waals surface area contributed by atoms with E-state index < -0.39 is 18.0 Å². The molecule has 0 spiro atoms. The van der Waals surface area contributed by atoms with Gasteiger partial charge < -0.3 is 10.1 Å². The zero-order valence-corrected chi connectivity index (χ0v) is 12.4. The molecule has 1 amide bonds. The van der Waals surface area contributed by atoms with Gasteiger partial charge in [0.2, 0.25) is 0 Å². The van der Waals surface area contributed by atoms with Crippen LogP contribution >= 0.6 is 0 Å². The fraction of sp³-hybridized carbons (Fsp3) is 0.0667. The van der Waals surface area contributed by atoms with Crippen LogP contribution in [0.2, 0.25) is 0 Å². The van der Waals surface area contributed by atoms with Crippen molar-refractivity contribution in [2.75, 3.05) is 5.32 Å². The highest BCUT2D eigenvalue weighted by atomic mass is 19.4. The number of carbonyl (C=O) groups is 1. The lowest BCUT2D eigenvalue weighted by atomic mass is 10.2. The summed E-state index contributed by atoms with van der Waals surface area (Å²) in [6.07, 6.45) is -3.34. The maximum atomic E-state index is 12.1. The average molecular weight is 349 g/mol. The van der Waals surface area contributed by atoms with Crippen LogP contribution in [0.1, 0.15) is 10.4 Å². The maximum Gasteiger partial charge on any atom is 0.573 e. The van der Waals surface area contributed by atoms with E-state index >= 15 is 0 Å². The van der Waals surface area contributed by atoms with Crippen molar-refractivity contribution in [2.45, 2.75) is 6.36 Å². The Bertz CT molecular complexity index is 846. The first-order chi connectivity index (χ1) is 11.9. The summed E-state index contributed by atoms with van der Waals surface area (Å²) in [5.74, 6) is -0.858. The average Bonchev–Trinajstić information content (AvgIpc) is 3.09. The molecule has 0 aliphatic rings. The highest BCUT2D eigenvalue weighted by Crippen LogP contribution is 2.23. The Morgan fingerprint density at radius 3 is 2.28 bits per heavy atom. The van der Waals surface area contributed by atoms with Gasteiger partial charge in [-0.05, 0) is 59.0 Å². The summed E-state index contributed by atoms with van der Waals surface area (Å²) in [5, 5.41) is 13.4. The molecule has 2 aromatic carbocycles. The molecular weight excluding hydrogens is 339 g/mol. The molecule has 1 N–H and O–H groups in total. The molecule has 0 fully saturated rings. The van der Waals surface area contributed by atoms with Gasteiger partial charge in [-0.2, -0.15) is 0 Å². The van der Waals surface area contributed by atoms with Crippen molar-refractivity contribution < 1.29 is 22.7 Å². The molecule has 128 valence electrons. The molecule has 10 heteroatoms. The van der Waals surface area contributed by atoms with E-state index in [1.807, 2.05) is 0 Å². The van der Waals surface area contributed by atoms with Crippen LogP contribution in [0.5, 0.6) is 5.75 Å². The fourth-order valence-corrected chi connectivity index (χ4v) is 1.99. The zero-order chi connectivity index (χ0) is 17.9. The van der Waals surface area contributed by atoms with Crippen LogP contribution in [0, 0.1) is 0 Å². The fourth-order valence-electron chi connectivity index (χ4n) is 1.99. The molecule has 1 heterocycles. The number of amides is 1. The van der Waals surface area contributed by atoms with Gasteiger partial charge in [0, 0.05) is 11.3 Å². The van der Waals surface area contributed by atoms with E-state index in [2.05, 4.69) is 25.6 Å². The van der Waals surface area contributed by atoms with Crippen molar-refractivity contribution in [1.82, 2.24) is 20.2 Å². The number of aromatic nitrogens is 4. The van der Waals surface area contributed by atoms with Crippen molar-refractivity contribution in [3.63, 3.8) is 0 Å². The number of halogens is 3. The molecule has 1 aromatic heterocycles. The monoisotopic (exact) mass is 349 g/mol. The van der Waals surface area contributed by atoms with Crippen LogP contribution in [-0.2, 0) is 0 Å². The number of nitrogens with zero attached hydrogens (tertiary/aromatic N) is 4. The third-order valence-corrected chi connectivity index (χ3v) is 3.09. The van der Waals surface area contributed by atoms with Crippen LogP contribution in [0.4, 0.5) is 18.9 Å². The highest BCUT2D eigenvalue weighted by molar-refractivity contribution is 6.04. The SMILES string of the molecule is O=C(Nc1ccc(-n2cnnn2)cc1)c1ccc(OC(F)(F)F)cc1. The molecule has 0 unspecified atom stereocenters. The van der Waals surface area contributed by atoms with Gasteiger partial charge in [-0.1, -0.05) is 0 Å². The third kappa shape index (κ3) is 4.31. The minimum absolute atomic E-state index is 0.194. The minimum atomic E-state index is -4.77. The molecular formula is C15H10F3N5O2. The van der Waals surface area contributed by atoms with Crippen LogP contribution in [0.15, 0.2) is 54.9 Å². The lowest BCUT2D eigenvalue weighted by Crippen LogP contribution is -2.17. The number of hydrogen-bond donors (Lipinski definition) is 1. The van der Waals surface area contributed by atoms with Crippen LogP contribution in [0.3, 0.4) is 0 Å². The van der Waals surface area contributed by atoms with Gasteiger partial charge in [0.15, 0.2) is 0 Å². The van der Waals surface area contributed by atoms with E-state index in [4.69, 9.17) is 0 Å². The molecule has 3 aromatic rings. The number of carbonyl (C=O) groups excluding carboxylic acids is 1. The first kappa shape index (κ1) is 16.4. The molecule has 25 heavy (non-hydrogen) atoms. The normalized spacial score (nSPS) is 11.2. The summed E-state index contributed by atoms with van der Waals surface area (Å²) < 4.78 is 41.5. The number of alkyl halides is 3. The number of rotatable bonds is 4. The van der Waals surface area contributed by atoms with Gasteiger partial charge in [-0.3, -0.25) is 4.79 Å². The van der Waals surface area contributed by atoms with E-state index in [-0.39, 0.29) is 5.56 Å². The van der Waals surface area contributed by atoms with E-state index in [9.17, 15) is 18.0 Å². The molecule has 0 atom stereocenters. The molecule has 0 saturated carbocycles. The van der Waals surface area contributed by atoms with Gasteiger partial charge in [0.1, 0.15) is 12.1 Å². The van der Waals surface area contributed by atoms with E-state index in [0.717, 1.165) is 12.1 Å². The number of hydrogen-bond acceptors (Lipinski definition) is 5. The number of benzene rings is 2. The van der Waals surface area contributed by atoms with E-state index in [1.165, 1.54) is 23.1 Å². The lowest BCUT2D eigenvalue weighted by Gasteiger charge is -2.09. The second-order valence-corrected chi connectivity index (χ2v) is 4.83. The van der Waals surface area contributed by atoms with Crippen molar-refractivity contribution in [3.05, 3.63) is 60.4 Å². The summed E-state index contributed by atoms with van der Waals surface area (Å²) in [7, 11) is 0. The largest absolute Gasteiger partial charge is 0.573 e. The molecule has 0 bridgehead atoms. The van der Waals surface area contributed by atoms with Crippen LogP contribution < -0.4 is 10.1 Å². The lowest BCUT2D eigenvalue weighted by molar-refractivity contribution is -0.274. The smallest absolute Gasteiger partial charge is 0.406 e. The van der Waals surface area contributed by atoms with Crippen molar-refractivity contribution in [1.29, 1.82) is 0 Å². The number of tetrazole rings is 1. The Kier molecular flexibility index (Phi) is 4.33. The predicted octanol–water partition coefficient (Wildman–Crippen LogP) is 2.81. The number of nitrogens with one attached hydrogen (secondary N) is 1. The highest BCUT2D eigenvalue weighted by Gasteiger charge is 2.31. The van der Waals surface area contributed by atoms with Gasteiger partial charge in [-0.15, -0.1) is 18.3 Å². The van der Waals surface area contributed by atoms with Crippen molar-refractivity contribution in [2.24, 2.45) is 0 Å². The molecule has 0 radical (unpaired) electrons. The van der Waals surface area contributed by atoms with E-state index in [1.54, 1.807) is 24.3 Å². The van der Waals surface area contributed by atoms with Gasteiger partial charge in [-0.25, -0.2) is 4.68 Å². The summed E-state index contributed by atoms with van der Waals surface area (Å²) in [5.41, 5.74) is 1.41. The molecule has 0 aliphatic carbocycles. The molecule has 3 rings (SSSR count). The maximum absolute atomic E-state index is 12.1. The second-order valence-electron chi connectivity index (χ2n) is 4.83. The summed E-state index contributed by atoms with van der Waals surface area (Å²) >= 11 is 0. The summed E-state index contributed by atoms with van der Waals surface area (Å²) in [6, 6.07) is 11.3. The molecule has 0 aliphatic heterocycles. The Morgan fingerprint density at radius 2 is 1.72 bits per heavy atom. The van der Waals surface area contributed by atoms with Crippen molar-refractivity contribution in [3.8, 4) is 11.4 Å². The quantitative estimate of drug-likeness (QED) is 0.783. The zero-order valence-electron chi connectivity index (χ0n) is 12.4. The minimum Gasteiger partial charge on any atom is -0.406 e. The van der Waals surface area contributed by atoms with Crippen LogP contribution in [-0.4, -0.2) is 32.5 Å². The topological polar surface area (TPSA) is 81.9 Å². The van der Waals surface area contributed by atoms with Gasteiger partial charge in [0.25, 0.3) is 5.91 Å². The Hall–Kier alpha value is -3.43. The first-order valence-electron chi connectivity index (χ1n) is 6.91. The Labute approximate surface area is 139 Å². The van der Waals surface area contributed by atoms with Gasteiger partial charge >= 0.3 is 6.36 Å². The first-order valence-corrected chi connectivity index (χ1v) is 6.91. The van der Waals surface area contributed by atoms with E-state index in [0.29, 0.717) is 11.4 Å². The van der Waals surface area contributed by atoms with Crippen molar-refractivity contribution >= 4 is 11.6 Å². The standard InChI is InChI=1S/C15H10F3N5O2/c16-15(17,18)25-13-7-1-10(2-8-13)14(24)20-11-3-5-12(6-4-11)23-9-19-21-22-23/h1-9H,(H,20,24). The van der Waals surface area contributed by atoms with Gasteiger partial charge in [0.05, 0.1) is 5.69 Å². The second kappa shape index (κ2) is 6.59. The molecule has 0 saturated heterocycles. The number of ether oxygens (including phenoxy) is 1. The molecule has 7 nitrogen and oxygen atoms in total. The predicted molar refractivity (Wildman–Crippen MR) is 80.2 cm³/mol.